The Bertz CT molecular complexity index is 460. The number of carbonyl (C=O) groups is 2. The zero-order valence-corrected chi connectivity index (χ0v) is 11.8. The second kappa shape index (κ2) is 5.87. The number of carbonyl (C=O) groups excluding carboxylic acids is 1. The molecule has 0 aromatic carbocycles. The normalized spacial score (nSPS) is 25.3. The number of ether oxygens (including phenoxy) is 1. The van der Waals surface area contributed by atoms with E-state index < -0.39 is 32.5 Å². The number of methoxy groups -OCH3 is 1. The third-order valence-electron chi connectivity index (χ3n) is 3.18. The second-order valence-corrected chi connectivity index (χ2v) is 7.21. The summed E-state index contributed by atoms with van der Waals surface area (Å²) in [5.74, 6) is -2.06. The van der Waals surface area contributed by atoms with E-state index in [1.165, 1.54) is 14.0 Å². The Labute approximate surface area is 112 Å². The Morgan fingerprint density at radius 2 is 2.05 bits per heavy atom. The molecule has 0 aliphatic carbocycles. The standard InChI is InChI=1S/C11H19NO6S/c1-11(7-18-2,10(14)15)12-9(13)8-5-3-4-6-19(8,16)17/h8H,3-7H2,1-2H3,(H,12,13)(H,14,15). The number of carboxylic acids is 1. The van der Waals surface area contributed by atoms with Crippen molar-refractivity contribution >= 4 is 21.7 Å². The average molecular weight is 293 g/mol. The van der Waals surface area contributed by atoms with Gasteiger partial charge in [-0.3, -0.25) is 4.79 Å². The van der Waals surface area contributed by atoms with Crippen LogP contribution in [0.2, 0.25) is 0 Å². The van der Waals surface area contributed by atoms with Crippen LogP contribution in [0.5, 0.6) is 0 Å². The molecule has 110 valence electrons. The largest absolute Gasteiger partial charge is 0.479 e. The van der Waals surface area contributed by atoms with Crippen LogP contribution < -0.4 is 5.32 Å². The summed E-state index contributed by atoms with van der Waals surface area (Å²) >= 11 is 0. The van der Waals surface area contributed by atoms with Gasteiger partial charge in [-0.1, -0.05) is 6.42 Å². The molecule has 2 N–H and O–H groups in total. The van der Waals surface area contributed by atoms with Crippen LogP contribution in [0.25, 0.3) is 0 Å². The Hall–Kier alpha value is -1.15. The molecule has 1 heterocycles. The molecule has 19 heavy (non-hydrogen) atoms. The minimum Gasteiger partial charge on any atom is -0.479 e. The van der Waals surface area contributed by atoms with Crippen LogP contribution >= 0.6 is 0 Å². The van der Waals surface area contributed by atoms with Crippen LogP contribution in [0.15, 0.2) is 0 Å². The molecule has 0 bridgehead atoms. The van der Waals surface area contributed by atoms with Gasteiger partial charge in [0.25, 0.3) is 0 Å². The van der Waals surface area contributed by atoms with Gasteiger partial charge in [-0.2, -0.15) is 0 Å². The molecule has 0 radical (unpaired) electrons. The van der Waals surface area contributed by atoms with Crippen molar-refractivity contribution in [2.45, 2.75) is 37.0 Å². The van der Waals surface area contributed by atoms with E-state index in [0.717, 1.165) is 0 Å². The first-order chi connectivity index (χ1) is 8.73. The van der Waals surface area contributed by atoms with E-state index in [2.05, 4.69) is 5.32 Å². The monoisotopic (exact) mass is 293 g/mol. The van der Waals surface area contributed by atoms with Gasteiger partial charge >= 0.3 is 5.97 Å². The van der Waals surface area contributed by atoms with E-state index >= 15 is 0 Å². The van der Waals surface area contributed by atoms with Crippen LogP contribution in [-0.4, -0.2) is 55.7 Å². The summed E-state index contributed by atoms with van der Waals surface area (Å²) in [4.78, 5) is 23.1. The molecule has 1 aliphatic rings. The molecule has 1 rings (SSSR count). The van der Waals surface area contributed by atoms with Crippen molar-refractivity contribution < 1.29 is 27.9 Å². The molecule has 0 aromatic heterocycles. The van der Waals surface area contributed by atoms with Crippen molar-refractivity contribution in [3.05, 3.63) is 0 Å². The van der Waals surface area contributed by atoms with Gasteiger partial charge < -0.3 is 15.2 Å². The highest BCUT2D eigenvalue weighted by molar-refractivity contribution is 7.92. The number of hydrogen-bond donors (Lipinski definition) is 2. The van der Waals surface area contributed by atoms with E-state index in [9.17, 15) is 18.0 Å². The van der Waals surface area contributed by atoms with Crippen molar-refractivity contribution in [2.75, 3.05) is 19.5 Å². The van der Waals surface area contributed by atoms with Gasteiger partial charge in [0.05, 0.1) is 12.4 Å². The van der Waals surface area contributed by atoms with Gasteiger partial charge in [-0.15, -0.1) is 0 Å². The van der Waals surface area contributed by atoms with Crippen LogP contribution in [0.3, 0.4) is 0 Å². The van der Waals surface area contributed by atoms with E-state index in [4.69, 9.17) is 9.84 Å². The fraction of sp³-hybridized carbons (Fsp3) is 0.818. The maximum absolute atomic E-state index is 12.0. The molecule has 1 fully saturated rings. The Morgan fingerprint density at radius 1 is 1.42 bits per heavy atom. The lowest BCUT2D eigenvalue weighted by molar-refractivity contribution is -0.149. The van der Waals surface area contributed by atoms with E-state index in [0.29, 0.717) is 12.8 Å². The lowest BCUT2D eigenvalue weighted by Crippen LogP contribution is -2.58. The van der Waals surface area contributed by atoms with Crippen molar-refractivity contribution in [3.8, 4) is 0 Å². The minimum atomic E-state index is -3.48. The van der Waals surface area contributed by atoms with Gasteiger partial charge in [0.1, 0.15) is 5.25 Å². The number of carboxylic acid groups (broad SMARTS) is 1. The molecule has 2 atom stereocenters. The molecule has 1 saturated heterocycles. The number of nitrogens with one attached hydrogen (secondary N) is 1. The van der Waals surface area contributed by atoms with Crippen LogP contribution in [-0.2, 0) is 24.2 Å². The average Bonchev–Trinajstić information content (AvgIpc) is 2.28. The fourth-order valence-corrected chi connectivity index (χ4v) is 3.84. The summed E-state index contributed by atoms with van der Waals surface area (Å²) in [6.45, 7) is 1.05. The minimum absolute atomic E-state index is 0.0286. The number of rotatable bonds is 5. The Morgan fingerprint density at radius 3 is 2.53 bits per heavy atom. The summed E-state index contributed by atoms with van der Waals surface area (Å²) < 4.78 is 28.4. The number of sulfone groups is 1. The second-order valence-electron chi connectivity index (χ2n) is 4.91. The molecular weight excluding hydrogens is 274 g/mol. The summed E-state index contributed by atoms with van der Waals surface area (Å²) in [6, 6.07) is 0. The highest BCUT2D eigenvalue weighted by Crippen LogP contribution is 2.20. The van der Waals surface area contributed by atoms with Gasteiger partial charge in [-0.25, -0.2) is 13.2 Å². The number of amides is 1. The highest BCUT2D eigenvalue weighted by Gasteiger charge is 2.41. The SMILES string of the molecule is COCC(C)(NC(=O)C1CCCCS1(=O)=O)C(=O)O. The van der Waals surface area contributed by atoms with Crippen molar-refractivity contribution in [2.24, 2.45) is 0 Å². The third-order valence-corrected chi connectivity index (χ3v) is 5.35. The van der Waals surface area contributed by atoms with Crippen LogP contribution in [0.4, 0.5) is 0 Å². The predicted molar refractivity (Wildman–Crippen MR) is 67.5 cm³/mol. The lowest BCUT2D eigenvalue weighted by atomic mass is 10.0. The van der Waals surface area contributed by atoms with Crippen LogP contribution in [0.1, 0.15) is 26.2 Å². The highest BCUT2D eigenvalue weighted by atomic mass is 32.2. The number of hydrogen-bond acceptors (Lipinski definition) is 5. The van der Waals surface area contributed by atoms with Crippen LogP contribution in [0, 0.1) is 0 Å². The van der Waals surface area contributed by atoms with Crippen molar-refractivity contribution in [1.82, 2.24) is 5.32 Å². The Balaban J connectivity index is 2.85. The van der Waals surface area contributed by atoms with Gasteiger partial charge in [0.2, 0.25) is 5.91 Å². The first kappa shape index (κ1) is 15.9. The summed E-state index contributed by atoms with van der Waals surface area (Å²) in [6.07, 6.45) is 1.42. The fourth-order valence-electron chi connectivity index (χ4n) is 2.04. The zero-order valence-electron chi connectivity index (χ0n) is 11.0. The summed E-state index contributed by atoms with van der Waals surface area (Å²) in [5.41, 5.74) is -1.63. The molecule has 1 aliphatic heterocycles. The molecule has 2 unspecified atom stereocenters. The van der Waals surface area contributed by atoms with Gasteiger partial charge in [-0.05, 0) is 19.8 Å². The smallest absolute Gasteiger partial charge is 0.331 e. The molecule has 0 saturated carbocycles. The lowest BCUT2D eigenvalue weighted by Gasteiger charge is -2.29. The number of aliphatic carboxylic acids is 1. The predicted octanol–water partition coefficient (Wildman–Crippen LogP) is -0.440. The molecule has 0 spiro atoms. The summed E-state index contributed by atoms with van der Waals surface area (Å²) in [7, 11) is -2.17. The zero-order chi connectivity index (χ0) is 14.7. The topological polar surface area (TPSA) is 110 Å². The Kier molecular flexibility index (Phi) is 4.92. The maximum atomic E-state index is 12.0. The van der Waals surface area contributed by atoms with Crippen molar-refractivity contribution in [1.29, 1.82) is 0 Å². The summed E-state index contributed by atoms with van der Waals surface area (Å²) in [5, 5.41) is 10.2. The van der Waals surface area contributed by atoms with Crippen molar-refractivity contribution in [3.63, 3.8) is 0 Å². The molecular formula is C11H19NO6S. The molecule has 8 heteroatoms. The van der Waals surface area contributed by atoms with Gasteiger partial charge in [0.15, 0.2) is 15.4 Å². The quantitative estimate of drug-likeness (QED) is 0.711. The van der Waals surface area contributed by atoms with E-state index in [1.807, 2.05) is 0 Å². The molecule has 1 amide bonds. The molecule has 0 aromatic rings. The van der Waals surface area contributed by atoms with E-state index in [1.54, 1.807) is 0 Å². The first-order valence-corrected chi connectivity index (χ1v) is 7.70. The first-order valence-electron chi connectivity index (χ1n) is 5.99. The molecule has 7 nitrogen and oxygen atoms in total. The van der Waals surface area contributed by atoms with Gasteiger partial charge in [0, 0.05) is 7.11 Å². The van der Waals surface area contributed by atoms with E-state index in [-0.39, 0.29) is 18.8 Å². The maximum Gasteiger partial charge on any atom is 0.331 e. The third kappa shape index (κ3) is 3.66.